The lowest BCUT2D eigenvalue weighted by Crippen LogP contribution is -2.44. The smallest absolute Gasteiger partial charge is 0.274 e. The van der Waals surface area contributed by atoms with Gasteiger partial charge in [-0.2, -0.15) is 0 Å². The average molecular weight is 319 g/mol. The molecule has 1 atom stereocenters. The van der Waals surface area contributed by atoms with E-state index in [4.69, 9.17) is 0 Å². The quantitative estimate of drug-likeness (QED) is 0.880. The van der Waals surface area contributed by atoms with E-state index in [9.17, 15) is 9.90 Å². The number of rotatable bonds is 4. The van der Waals surface area contributed by atoms with E-state index in [0.29, 0.717) is 12.1 Å². The predicted octanol–water partition coefficient (Wildman–Crippen LogP) is 2.43. The van der Waals surface area contributed by atoms with Gasteiger partial charge in [0.1, 0.15) is 0 Å². The summed E-state index contributed by atoms with van der Waals surface area (Å²) in [5, 5.41) is 10.1. The molecule has 1 N–H and O–H groups in total. The number of imidazole rings is 1. The molecule has 0 spiro atoms. The number of pyridine rings is 1. The number of amides is 1. The number of piperidine rings is 1. The van der Waals surface area contributed by atoms with E-state index in [2.05, 4.69) is 4.98 Å². The minimum absolute atomic E-state index is 0.0119. The summed E-state index contributed by atoms with van der Waals surface area (Å²) >= 11 is 1.54. The van der Waals surface area contributed by atoms with Gasteiger partial charge < -0.3 is 10.0 Å². The van der Waals surface area contributed by atoms with Gasteiger partial charge in [0.15, 0.2) is 10.9 Å². The molecule has 0 aromatic carbocycles. The molecule has 0 saturated carbocycles. The number of fused-ring (bicyclic) bond motifs is 1. The summed E-state index contributed by atoms with van der Waals surface area (Å²) in [7, 11) is 0. The van der Waals surface area contributed by atoms with E-state index < -0.39 is 0 Å². The van der Waals surface area contributed by atoms with Gasteiger partial charge >= 0.3 is 0 Å². The molecule has 0 radical (unpaired) electrons. The number of nitrogens with zero attached hydrogens (tertiary/aromatic N) is 3. The first-order valence-electron chi connectivity index (χ1n) is 7.69. The number of aliphatic hydroxyl groups is 1. The molecule has 1 amide bonds. The van der Waals surface area contributed by atoms with Crippen molar-refractivity contribution < 1.29 is 9.90 Å². The van der Waals surface area contributed by atoms with Crippen LogP contribution in [-0.4, -0.2) is 50.7 Å². The highest BCUT2D eigenvalue weighted by Gasteiger charge is 2.29. The zero-order valence-corrected chi connectivity index (χ0v) is 13.6. The molecule has 1 aliphatic rings. The highest BCUT2D eigenvalue weighted by molar-refractivity contribution is 7.98. The average Bonchev–Trinajstić information content (AvgIpc) is 2.94. The van der Waals surface area contributed by atoms with Crippen molar-refractivity contribution in [3.63, 3.8) is 0 Å². The van der Waals surface area contributed by atoms with Crippen LogP contribution >= 0.6 is 11.8 Å². The zero-order valence-electron chi connectivity index (χ0n) is 12.7. The third-order valence-corrected chi connectivity index (χ3v) is 4.90. The van der Waals surface area contributed by atoms with Gasteiger partial charge in [0, 0.05) is 25.4 Å². The van der Waals surface area contributed by atoms with Crippen molar-refractivity contribution in [1.82, 2.24) is 14.3 Å². The van der Waals surface area contributed by atoms with Crippen molar-refractivity contribution in [2.75, 3.05) is 19.4 Å². The summed E-state index contributed by atoms with van der Waals surface area (Å²) in [4.78, 5) is 19.4. The van der Waals surface area contributed by atoms with Crippen LogP contribution in [0, 0.1) is 0 Å². The first kappa shape index (κ1) is 15.4. The number of likely N-dealkylation sites (tertiary alicyclic amines) is 1. The van der Waals surface area contributed by atoms with E-state index in [1.165, 1.54) is 11.8 Å². The monoisotopic (exact) mass is 319 g/mol. The van der Waals surface area contributed by atoms with Gasteiger partial charge in [-0.3, -0.25) is 9.20 Å². The Bertz CT molecular complexity index is 668. The fourth-order valence-electron chi connectivity index (χ4n) is 3.16. The van der Waals surface area contributed by atoms with E-state index in [0.717, 1.165) is 36.5 Å². The molecule has 1 aliphatic heterocycles. The third kappa shape index (κ3) is 2.73. The maximum absolute atomic E-state index is 13.0. The van der Waals surface area contributed by atoms with Crippen molar-refractivity contribution >= 4 is 23.2 Å². The first-order chi connectivity index (χ1) is 10.8. The Labute approximate surface area is 134 Å². The maximum atomic E-state index is 13.0. The molecule has 1 unspecified atom stereocenters. The number of carbonyl (C=O) groups excluding carboxylic acids is 1. The Kier molecular flexibility index (Phi) is 4.69. The number of hydrogen-bond donors (Lipinski definition) is 1. The molecule has 1 fully saturated rings. The molecule has 0 bridgehead atoms. The number of hydrogen-bond acceptors (Lipinski definition) is 4. The standard InChI is InChI=1S/C16H21N3O2S/c1-22-16-17-14(13-7-3-5-10-19(13)16)15(21)18-9-4-2-6-12(18)8-11-20/h3,5,7,10,12,20H,2,4,6,8-9,11H2,1H3. The van der Waals surface area contributed by atoms with Gasteiger partial charge in [-0.15, -0.1) is 0 Å². The minimum Gasteiger partial charge on any atom is -0.396 e. The van der Waals surface area contributed by atoms with E-state index >= 15 is 0 Å². The van der Waals surface area contributed by atoms with Gasteiger partial charge in [-0.1, -0.05) is 17.8 Å². The van der Waals surface area contributed by atoms with Crippen LogP contribution in [0.2, 0.25) is 0 Å². The third-order valence-electron chi connectivity index (χ3n) is 4.25. The topological polar surface area (TPSA) is 57.8 Å². The Hall–Kier alpha value is -1.53. The van der Waals surface area contributed by atoms with Crippen LogP contribution in [0.3, 0.4) is 0 Å². The van der Waals surface area contributed by atoms with E-state index in [1.807, 2.05) is 40.0 Å². The molecule has 1 saturated heterocycles. The van der Waals surface area contributed by atoms with Crippen LogP contribution in [0.15, 0.2) is 29.6 Å². The molecule has 5 nitrogen and oxygen atoms in total. The molecule has 3 rings (SSSR count). The lowest BCUT2D eigenvalue weighted by molar-refractivity contribution is 0.0571. The molecule has 3 heterocycles. The van der Waals surface area contributed by atoms with Crippen molar-refractivity contribution in [3.05, 3.63) is 30.1 Å². The second-order valence-electron chi connectivity index (χ2n) is 5.56. The second kappa shape index (κ2) is 6.71. The summed E-state index contributed by atoms with van der Waals surface area (Å²) in [6, 6.07) is 5.94. The van der Waals surface area contributed by atoms with Crippen molar-refractivity contribution in [2.24, 2.45) is 0 Å². The Morgan fingerprint density at radius 3 is 3.09 bits per heavy atom. The molecule has 0 aliphatic carbocycles. The maximum Gasteiger partial charge on any atom is 0.274 e. The summed E-state index contributed by atoms with van der Waals surface area (Å²) in [6.45, 7) is 0.873. The SMILES string of the molecule is CSc1nc(C(=O)N2CCCCC2CCO)c2ccccn12. The number of carbonyl (C=O) groups is 1. The number of aromatic nitrogens is 2. The van der Waals surface area contributed by atoms with Crippen molar-refractivity contribution in [1.29, 1.82) is 0 Å². The van der Waals surface area contributed by atoms with Crippen LogP contribution in [0.4, 0.5) is 0 Å². The summed E-state index contributed by atoms with van der Waals surface area (Å²) < 4.78 is 1.96. The van der Waals surface area contributed by atoms with Gasteiger partial charge in [-0.25, -0.2) is 4.98 Å². The lowest BCUT2D eigenvalue weighted by Gasteiger charge is -2.35. The summed E-state index contributed by atoms with van der Waals surface area (Å²) in [6.07, 6.45) is 7.65. The Balaban J connectivity index is 1.97. The van der Waals surface area contributed by atoms with Crippen LogP contribution in [-0.2, 0) is 0 Å². The van der Waals surface area contributed by atoms with Crippen LogP contribution in [0.5, 0.6) is 0 Å². The molecule has 22 heavy (non-hydrogen) atoms. The van der Waals surface area contributed by atoms with Crippen LogP contribution < -0.4 is 0 Å². The summed E-state index contributed by atoms with van der Waals surface area (Å²) in [5.74, 6) is -0.0119. The minimum atomic E-state index is -0.0119. The number of aliphatic hydroxyl groups excluding tert-OH is 1. The molecule has 2 aromatic heterocycles. The first-order valence-corrected chi connectivity index (χ1v) is 8.91. The van der Waals surface area contributed by atoms with E-state index in [1.54, 1.807) is 0 Å². The molecule has 118 valence electrons. The zero-order chi connectivity index (χ0) is 15.5. The van der Waals surface area contributed by atoms with Crippen LogP contribution in [0.25, 0.3) is 5.52 Å². The molecule has 2 aromatic rings. The largest absolute Gasteiger partial charge is 0.396 e. The fraction of sp³-hybridized carbons (Fsp3) is 0.500. The van der Waals surface area contributed by atoms with Crippen LogP contribution in [0.1, 0.15) is 36.2 Å². The number of thioether (sulfide) groups is 1. The van der Waals surface area contributed by atoms with Gasteiger partial charge in [0.05, 0.1) is 5.52 Å². The Morgan fingerprint density at radius 2 is 2.32 bits per heavy atom. The highest BCUT2D eigenvalue weighted by Crippen LogP contribution is 2.25. The summed E-state index contributed by atoms with van der Waals surface area (Å²) in [5.41, 5.74) is 1.37. The van der Waals surface area contributed by atoms with Gasteiger partial charge in [-0.05, 0) is 44.1 Å². The molecule has 6 heteroatoms. The van der Waals surface area contributed by atoms with Crippen molar-refractivity contribution in [2.45, 2.75) is 36.9 Å². The van der Waals surface area contributed by atoms with Gasteiger partial charge in [0.2, 0.25) is 0 Å². The molecular formula is C16H21N3O2S. The fourth-order valence-corrected chi connectivity index (χ4v) is 3.70. The molecular weight excluding hydrogens is 298 g/mol. The second-order valence-corrected chi connectivity index (χ2v) is 6.34. The normalized spacial score (nSPS) is 18.8. The highest BCUT2D eigenvalue weighted by atomic mass is 32.2. The lowest BCUT2D eigenvalue weighted by atomic mass is 9.99. The predicted molar refractivity (Wildman–Crippen MR) is 87.4 cm³/mol. The Morgan fingerprint density at radius 1 is 1.45 bits per heavy atom. The van der Waals surface area contributed by atoms with Gasteiger partial charge in [0.25, 0.3) is 5.91 Å². The van der Waals surface area contributed by atoms with E-state index in [-0.39, 0.29) is 18.6 Å². The van der Waals surface area contributed by atoms with Crippen molar-refractivity contribution in [3.8, 4) is 0 Å².